The van der Waals surface area contributed by atoms with Crippen LogP contribution in [0.3, 0.4) is 0 Å². The summed E-state index contributed by atoms with van der Waals surface area (Å²) in [6.45, 7) is 0. The van der Waals surface area contributed by atoms with Crippen molar-refractivity contribution in [2.24, 2.45) is 7.05 Å². The molecule has 3 heterocycles. The Morgan fingerprint density at radius 2 is 1.57 bits per heavy atom. The highest BCUT2D eigenvalue weighted by atomic mass is 16.5. The third-order valence-electron chi connectivity index (χ3n) is 4.35. The standard InChI is InChI=1S/C21H16N6O/c1-26-14-16(13-22-26)21-24-23-20-12-11-19(25-27(20)21)15-7-9-18(10-8-15)28-17-5-3-2-4-6-17/h2-14H,1H3. The monoisotopic (exact) mass is 368 g/mol. The van der Waals surface area contributed by atoms with Crippen molar-refractivity contribution >= 4 is 5.65 Å². The number of para-hydroxylation sites is 1. The van der Waals surface area contributed by atoms with Crippen LogP contribution in [-0.2, 0) is 7.05 Å². The SMILES string of the molecule is Cn1cc(-c2nnc3ccc(-c4ccc(Oc5ccccc5)cc4)nn23)cn1. The largest absolute Gasteiger partial charge is 0.457 e. The van der Waals surface area contributed by atoms with Crippen molar-refractivity contribution in [1.82, 2.24) is 29.6 Å². The van der Waals surface area contributed by atoms with Crippen LogP contribution in [-0.4, -0.2) is 29.6 Å². The highest BCUT2D eigenvalue weighted by Gasteiger charge is 2.12. The van der Waals surface area contributed by atoms with Gasteiger partial charge in [0.05, 0.1) is 17.5 Å². The van der Waals surface area contributed by atoms with Gasteiger partial charge in [0, 0.05) is 18.8 Å². The summed E-state index contributed by atoms with van der Waals surface area (Å²) in [6.07, 6.45) is 3.64. The summed E-state index contributed by atoms with van der Waals surface area (Å²) >= 11 is 0. The maximum Gasteiger partial charge on any atom is 0.188 e. The van der Waals surface area contributed by atoms with E-state index in [1.165, 1.54) is 0 Å². The van der Waals surface area contributed by atoms with Crippen LogP contribution in [0.1, 0.15) is 0 Å². The second kappa shape index (κ2) is 6.62. The molecule has 0 saturated carbocycles. The highest BCUT2D eigenvalue weighted by Crippen LogP contribution is 2.25. The van der Waals surface area contributed by atoms with Gasteiger partial charge in [-0.3, -0.25) is 4.68 Å². The molecule has 0 atom stereocenters. The zero-order valence-electron chi connectivity index (χ0n) is 15.1. The van der Waals surface area contributed by atoms with E-state index >= 15 is 0 Å². The van der Waals surface area contributed by atoms with Crippen LogP contribution in [0.4, 0.5) is 0 Å². The van der Waals surface area contributed by atoms with Crippen molar-refractivity contribution in [2.75, 3.05) is 0 Å². The molecule has 3 aromatic heterocycles. The molecule has 0 N–H and O–H groups in total. The Kier molecular flexibility index (Phi) is 3.83. The van der Waals surface area contributed by atoms with Gasteiger partial charge >= 0.3 is 0 Å². The van der Waals surface area contributed by atoms with Crippen molar-refractivity contribution in [3.63, 3.8) is 0 Å². The minimum absolute atomic E-state index is 0.661. The molecular formula is C21H16N6O. The smallest absolute Gasteiger partial charge is 0.188 e. The van der Waals surface area contributed by atoms with Gasteiger partial charge in [0.25, 0.3) is 0 Å². The van der Waals surface area contributed by atoms with E-state index in [1.54, 1.807) is 15.4 Å². The summed E-state index contributed by atoms with van der Waals surface area (Å²) in [5, 5.41) is 17.4. The Hall–Kier alpha value is -4.00. The van der Waals surface area contributed by atoms with Gasteiger partial charge in [0.2, 0.25) is 0 Å². The summed E-state index contributed by atoms with van der Waals surface area (Å²) in [5.41, 5.74) is 3.36. The number of ether oxygens (including phenoxy) is 1. The van der Waals surface area contributed by atoms with Gasteiger partial charge in [0.15, 0.2) is 11.5 Å². The maximum atomic E-state index is 5.85. The predicted molar refractivity (Wildman–Crippen MR) is 105 cm³/mol. The average Bonchev–Trinajstić information content (AvgIpc) is 3.35. The van der Waals surface area contributed by atoms with Crippen molar-refractivity contribution in [1.29, 1.82) is 0 Å². The van der Waals surface area contributed by atoms with Crippen molar-refractivity contribution < 1.29 is 4.74 Å². The van der Waals surface area contributed by atoms with Crippen LogP contribution >= 0.6 is 0 Å². The summed E-state index contributed by atoms with van der Waals surface area (Å²) in [4.78, 5) is 0. The molecule has 0 saturated heterocycles. The van der Waals surface area contributed by atoms with E-state index in [0.717, 1.165) is 28.3 Å². The van der Waals surface area contributed by atoms with Gasteiger partial charge in [0.1, 0.15) is 11.5 Å². The van der Waals surface area contributed by atoms with Crippen molar-refractivity contribution in [2.45, 2.75) is 0 Å². The summed E-state index contributed by atoms with van der Waals surface area (Å²) < 4.78 is 9.32. The number of rotatable bonds is 4. The molecule has 0 bridgehead atoms. The highest BCUT2D eigenvalue weighted by molar-refractivity contribution is 5.63. The van der Waals surface area contributed by atoms with Crippen LogP contribution in [0.2, 0.25) is 0 Å². The van der Waals surface area contributed by atoms with Crippen LogP contribution in [0.25, 0.3) is 28.3 Å². The van der Waals surface area contributed by atoms with Gasteiger partial charge in [-0.15, -0.1) is 10.2 Å². The van der Waals surface area contributed by atoms with Gasteiger partial charge in [-0.05, 0) is 48.5 Å². The third-order valence-corrected chi connectivity index (χ3v) is 4.35. The first-order chi connectivity index (χ1) is 13.8. The van der Waals surface area contributed by atoms with E-state index in [1.807, 2.05) is 80.0 Å². The van der Waals surface area contributed by atoms with E-state index in [-0.39, 0.29) is 0 Å². The average molecular weight is 368 g/mol. The molecule has 0 aliphatic rings. The first-order valence-corrected chi connectivity index (χ1v) is 8.81. The molecule has 7 heteroatoms. The lowest BCUT2D eigenvalue weighted by Gasteiger charge is -2.07. The molecule has 5 rings (SSSR count). The predicted octanol–water partition coefficient (Wildman–Crippen LogP) is 3.98. The maximum absolute atomic E-state index is 5.85. The second-order valence-corrected chi connectivity index (χ2v) is 6.35. The molecule has 28 heavy (non-hydrogen) atoms. The number of hydrogen-bond donors (Lipinski definition) is 0. The number of fused-ring (bicyclic) bond motifs is 1. The van der Waals surface area contributed by atoms with Crippen LogP contribution < -0.4 is 4.74 Å². The number of nitrogens with zero attached hydrogens (tertiary/aromatic N) is 6. The van der Waals surface area contributed by atoms with Gasteiger partial charge in [-0.2, -0.15) is 14.7 Å². The lowest BCUT2D eigenvalue weighted by atomic mass is 10.1. The van der Waals surface area contributed by atoms with Crippen LogP contribution in [0, 0.1) is 0 Å². The number of benzene rings is 2. The normalized spacial score (nSPS) is 11.0. The molecule has 7 nitrogen and oxygen atoms in total. The molecule has 0 aliphatic carbocycles. The Labute approximate surface area is 160 Å². The van der Waals surface area contributed by atoms with E-state index in [0.29, 0.717) is 11.5 Å². The molecule has 0 radical (unpaired) electrons. The Morgan fingerprint density at radius 1 is 0.786 bits per heavy atom. The zero-order valence-corrected chi connectivity index (χ0v) is 15.1. The fourth-order valence-electron chi connectivity index (χ4n) is 2.98. The van der Waals surface area contributed by atoms with Crippen LogP contribution in [0.5, 0.6) is 11.5 Å². The minimum Gasteiger partial charge on any atom is -0.457 e. The summed E-state index contributed by atoms with van der Waals surface area (Å²) in [5.74, 6) is 2.24. The Bertz CT molecular complexity index is 1240. The number of hydrogen-bond acceptors (Lipinski definition) is 5. The first kappa shape index (κ1) is 16.2. The van der Waals surface area contributed by atoms with Gasteiger partial charge in [-0.25, -0.2) is 0 Å². The molecule has 2 aromatic carbocycles. The summed E-state index contributed by atoms with van der Waals surface area (Å²) in [7, 11) is 1.87. The van der Waals surface area contributed by atoms with Gasteiger partial charge < -0.3 is 4.74 Å². The Balaban J connectivity index is 1.47. The lowest BCUT2D eigenvalue weighted by molar-refractivity contribution is 0.483. The number of aryl methyl sites for hydroxylation is 1. The van der Waals surface area contributed by atoms with Crippen LogP contribution in [0.15, 0.2) is 79.1 Å². The molecule has 0 fully saturated rings. The van der Waals surface area contributed by atoms with E-state index in [4.69, 9.17) is 9.84 Å². The molecule has 0 aliphatic heterocycles. The molecule has 0 unspecified atom stereocenters. The molecule has 5 aromatic rings. The van der Waals surface area contributed by atoms with E-state index in [2.05, 4.69) is 15.3 Å². The number of aromatic nitrogens is 6. The molecule has 0 amide bonds. The lowest BCUT2D eigenvalue weighted by Crippen LogP contribution is -1.97. The molecule has 136 valence electrons. The fourth-order valence-corrected chi connectivity index (χ4v) is 2.98. The summed E-state index contributed by atoms with van der Waals surface area (Å²) in [6, 6.07) is 21.4. The molecular weight excluding hydrogens is 352 g/mol. The zero-order chi connectivity index (χ0) is 18.9. The second-order valence-electron chi connectivity index (χ2n) is 6.35. The third kappa shape index (κ3) is 2.99. The fraction of sp³-hybridized carbons (Fsp3) is 0.0476. The van der Waals surface area contributed by atoms with Crippen molar-refractivity contribution in [3.05, 3.63) is 79.1 Å². The topological polar surface area (TPSA) is 70.1 Å². The van der Waals surface area contributed by atoms with Crippen molar-refractivity contribution in [3.8, 4) is 34.1 Å². The first-order valence-electron chi connectivity index (χ1n) is 8.81. The van der Waals surface area contributed by atoms with E-state index in [9.17, 15) is 0 Å². The Morgan fingerprint density at radius 3 is 2.32 bits per heavy atom. The quantitative estimate of drug-likeness (QED) is 0.480. The van der Waals surface area contributed by atoms with E-state index < -0.39 is 0 Å². The van der Waals surface area contributed by atoms with Gasteiger partial charge in [-0.1, -0.05) is 18.2 Å². The molecule has 0 spiro atoms. The minimum atomic E-state index is 0.661.